The lowest BCUT2D eigenvalue weighted by Gasteiger charge is -2.16. The summed E-state index contributed by atoms with van der Waals surface area (Å²) in [5, 5.41) is 5.30. The molecule has 0 aliphatic carbocycles. The average Bonchev–Trinajstić information content (AvgIpc) is 3.43. The van der Waals surface area contributed by atoms with Crippen molar-refractivity contribution >= 4 is 34.4 Å². The molecule has 0 unspecified atom stereocenters. The fraction of sp³-hybridized carbons (Fsp3) is 0.364. The molecule has 166 valence electrons. The van der Waals surface area contributed by atoms with Crippen LogP contribution in [0.15, 0.2) is 24.5 Å². The van der Waals surface area contributed by atoms with Crippen LogP contribution < -0.4 is 15.2 Å². The summed E-state index contributed by atoms with van der Waals surface area (Å²) in [4.78, 5) is 22.5. The number of ether oxygens (including phenoxy) is 2. The van der Waals surface area contributed by atoms with Crippen LogP contribution in [0.4, 0.5) is 5.82 Å². The first-order valence-electron chi connectivity index (χ1n) is 10.1. The highest BCUT2D eigenvalue weighted by molar-refractivity contribution is 6.18. The van der Waals surface area contributed by atoms with Gasteiger partial charge in [-0.25, -0.2) is 14.6 Å². The van der Waals surface area contributed by atoms with E-state index in [2.05, 4.69) is 21.8 Å². The van der Waals surface area contributed by atoms with Crippen molar-refractivity contribution in [2.75, 3.05) is 38.9 Å². The molecule has 0 radical (unpaired) electrons. The molecule has 1 aliphatic rings. The highest BCUT2D eigenvalue weighted by Gasteiger charge is 2.30. The van der Waals surface area contributed by atoms with Crippen molar-refractivity contribution in [3.05, 3.63) is 35.8 Å². The maximum atomic E-state index is 12.2. The molecule has 1 saturated heterocycles. The third-order valence-corrected chi connectivity index (χ3v) is 5.55. The Morgan fingerprint density at radius 3 is 2.66 bits per heavy atom. The number of nitrogens with two attached hydrogens (primary N) is 1. The Bertz CT molecular complexity index is 1190. The molecule has 3 aromatic rings. The number of benzene rings is 1. The van der Waals surface area contributed by atoms with Crippen LogP contribution in [0.1, 0.15) is 30.1 Å². The minimum Gasteiger partial charge on any atom is -0.497 e. The highest BCUT2D eigenvalue weighted by Crippen LogP contribution is 2.29. The van der Waals surface area contributed by atoms with Crippen LogP contribution in [0, 0.1) is 11.8 Å². The first-order chi connectivity index (χ1) is 15.5. The number of methoxy groups -OCH3 is 2. The summed E-state index contributed by atoms with van der Waals surface area (Å²) in [6, 6.07) is 5.37. The molecule has 1 aromatic carbocycles. The maximum absolute atomic E-state index is 12.2. The van der Waals surface area contributed by atoms with Crippen molar-refractivity contribution in [3.63, 3.8) is 0 Å². The van der Waals surface area contributed by atoms with Gasteiger partial charge in [0, 0.05) is 37.0 Å². The maximum Gasteiger partial charge on any atom is 0.223 e. The number of aromatic nitrogens is 4. The zero-order valence-electron chi connectivity index (χ0n) is 17.8. The molecule has 1 fully saturated rings. The number of carbonyl (C=O) groups is 1. The molecule has 2 N–H and O–H groups in total. The summed E-state index contributed by atoms with van der Waals surface area (Å²) in [7, 11) is 3.17. The van der Waals surface area contributed by atoms with Crippen molar-refractivity contribution in [3.8, 4) is 23.3 Å². The number of fused-ring (bicyclic) bond motifs is 1. The monoisotopic (exact) mass is 454 g/mol. The van der Waals surface area contributed by atoms with E-state index in [-0.39, 0.29) is 11.9 Å². The molecule has 1 atom stereocenters. The van der Waals surface area contributed by atoms with E-state index in [4.69, 9.17) is 31.9 Å². The molecule has 0 bridgehead atoms. The van der Waals surface area contributed by atoms with Gasteiger partial charge in [-0.3, -0.25) is 4.79 Å². The minimum absolute atomic E-state index is 0.0291. The number of amides is 1. The van der Waals surface area contributed by atoms with Gasteiger partial charge < -0.3 is 20.1 Å². The van der Waals surface area contributed by atoms with Gasteiger partial charge in [0.2, 0.25) is 5.91 Å². The van der Waals surface area contributed by atoms with Crippen LogP contribution in [0.3, 0.4) is 0 Å². The lowest BCUT2D eigenvalue weighted by molar-refractivity contribution is -0.129. The minimum atomic E-state index is -0.0291. The number of carbonyl (C=O) groups excluding carboxylic acids is 1. The van der Waals surface area contributed by atoms with Crippen LogP contribution in [-0.4, -0.2) is 63.7 Å². The zero-order chi connectivity index (χ0) is 22.7. The van der Waals surface area contributed by atoms with Gasteiger partial charge in [0.05, 0.1) is 25.6 Å². The molecule has 3 heterocycles. The van der Waals surface area contributed by atoms with Crippen molar-refractivity contribution in [1.82, 2.24) is 24.6 Å². The molecule has 0 saturated carbocycles. The van der Waals surface area contributed by atoms with Crippen LogP contribution in [0.25, 0.3) is 11.0 Å². The summed E-state index contributed by atoms with van der Waals surface area (Å²) in [6.45, 7) is 1.18. The van der Waals surface area contributed by atoms with E-state index in [1.807, 2.05) is 12.1 Å². The molecule has 10 heteroatoms. The standard InChI is InChI=1S/C22H23ClN6O3/c1-31-16-9-14(10-17(11-16)32-2)3-4-18-20-21(24)25-13-26-22(20)29(27-18)15-6-8-28(12-15)19(30)5-7-23/h9-11,13,15H,5-8,12H2,1-2H3,(H2,24,25,26)/t15-/m0/s1. The third kappa shape index (κ3) is 4.27. The Balaban J connectivity index is 1.71. The first-order valence-corrected chi connectivity index (χ1v) is 10.6. The Morgan fingerprint density at radius 1 is 1.22 bits per heavy atom. The molecule has 4 rings (SSSR count). The van der Waals surface area contributed by atoms with E-state index in [1.54, 1.807) is 29.9 Å². The smallest absolute Gasteiger partial charge is 0.223 e. The summed E-state index contributed by atoms with van der Waals surface area (Å²) in [5.74, 6) is 8.13. The molecule has 32 heavy (non-hydrogen) atoms. The topological polar surface area (TPSA) is 108 Å². The molecule has 0 spiro atoms. The van der Waals surface area contributed by atoms with Gasteiger partial charge >= 0.3 is 0 Å². The lowest BCUT2D eigenvalue weighted by Crippen LogP contribution is -2.29. The van der Waals surface area contributed by atoms with Crippen LogP contribution in [0.2, 0.25) is 0 Å². The number of anilines is 1. The quantitative estimate of drug-likeness (QED) is 0.465. The molecular weight excluding hydrogens is 432 g/mol. The van der Waals surface area contributed by atoms with Crippen LogP contribution >= 0.6 is 11.6 Å². The average molecular weight is 455 g/mol. The molecule has 2 aromatic heterocycles. The van der Waals surface area contributed by atoms with Gasteiger partial charge in [-0.15, -0.1) is 11.6 Å². The summed E-state index contributed by atoms with van der Waals surface area (Å²) >= 11 is 5.72. The fourth-order valence-corrected chi connectivity index (χ4v) is 3.92. The Labute approximate surface area is 190 Å². The first kappa shape index (κ1) is 21.7. The largest absolute Gasteiger partial charge is 0.497 e. The van der Waals surface area contributed by atoms with E-state index >= 15 is 0 Å². The molecular formula is C22H23ClN6O3. The SMILES string of the molecule is COc1cc(C#Cc2nn([C@H]3CCN(C(=O)CCCl)C3)c3ncnc(N)c23)cc(OC)c1. The second-order valence-electron chi connectivity index (χ2n) is 7.32. The van der Waals surface area contributed by atoms with Gasteiger partial charge in [-0.2, -0.15) is 5.10 Å². The second-order valence-corrected chi connectivity index (χ2v) is 7.70. The molecule has 1 aliphatic heterocycles. The Morgan fingerprint density at radius 2 is 1.97 bits per heavy atom. The Kier molecular flexibility index (Phi) is 6.32. The van der Waals surface area contributed by atoms with E-state index in [0.717, 1.165) is 6.42 Å². The number of halogens is 1. The van der Waals surface area contributed by atoms with Gasteiger partial charge in [-0.1, -0.05) is 5.92 Å². The number of rotatable bonds is 5. The molecule has 1 amide bonds. The predicted octanol–water partition coefficient (Wildman–Crippen LogP) is 2.23. The van der Waals surface area contributed by atoms with Crippen LogP contribution in [0.5, 0.6) is 11.5 Å². The number of alkyl halides is 1. The molecule has 9 nitrogen and oxygen atoms in total. The summed E-state index contributed by atoms with van der Waals surface area (Å²) < 4.78 is 12.4. The van der Waals surface area contributed by atoms with Crippen LogP contribution in [-0.2, 0) is 4.79 Å². The van der Waals surface area contributed by atoms with E-state index < -0.39 is 0 Å². The lowest BCUT2D eigenvalue weighted by atomic mass is 10.2. The number of hydrogen-bond donors (Lipinski definition) is 1. The zero-order valence-corrected chi connectivity index (χ0v) is 18.6. The number of hydrogen-bond acceptors (Lipinski definition) is 7. The Hall–Kier alpha value is -3.51. The van der Waals surface area contributed by atoms with E-state index in [1.165, 1.54) is 6.33 Å². The second kappa shape index (κ2) is 9.32. The van der Waals surface area contributed by atoms with Gasteiger partial charge in [0.15, 0.2) is 5.65 Å². The van der Waals surface area contributed by atoms with Crippen molar-refractivity contribution in [1.29, 1.82) is 0 Å². The van der Waals surface area contributed by atoms with E-state index in [9.17, 15) is 4.79 Å². The number of nitrogens with zero attached hydrogens (tertiary/aromatic N) is 5. The summed E-state index contributed by atoms with van der Waals surface area (Å²) in [5.41, 5.74) is 7.94. The normalized spacial score (nSPS) is 15.5. The van der Waals surface area contributed by atoms with Gasteiger partial charge in [0.1, 0.15) is 29.3 Å². The van der Waals surface area contributed by atoms with E-state index in [0.29, 0.717) is 65.0 Å². The van der Waals surface area contributed by atoms with Gasteiger partial charge in [0.25, 0.3) is 0 Å². The number of nitrogen functional groups attached to an aromatic ring is 1. The van der Waals surface area contributed by atoms with Gasteiger partial charge in [-0.05, 0) is 24.5 Å². The summed E-state index contributed by atoms with van der Waals surface area (Å²) in [6.07, 6.45) is 2.49. The predicted molar refractivity (Wildman–Crippen MR) is 121 cm³/mol. The highest BCUT2D eigenvalue weighted by atomic mass is 35.5. The van der Waals surface area contributed by atoms with Crippen molar-refractivity contribution < 1.29 is 14.3 Å². The third-order valence-electron chi connectivity index (χ3n) is 5.37. The fourth-order valence-electron chi connectivity index (χ4n) is 3.76. The van der Waals surface area contributed by atoms with Crippen molar-refractivity contribution in [2.45, 2.75) is 18.9 Å². The van der Waals surface area contributed by atoms with Crippen molar-refractivity contribution in [2.24, 2.45) is 0 Å². The number of likely N-dealkylation sites (tertiary alicyclic amines) is 1.